The molecule has 0 nitrogen and oxygen atoms in total. The van der Waals surface area contributed by atoms with Crippen LogP contribution in [0.5, 0.6) is 0 Å². The first-order chi connectivity index (χ1) is 5.58. The van der Waals surface area contributed by atoms with Gasteiger partial charge in [-0.3, -0.25) is 0 Å². The number of hydrogen-bond donors (Lipinski definition) is 0. The zero-order valence-electron chi connectivity index (χ0n) is 6.36. The van der Waals surface area contributed by atoms with Crippen molar-refractivity contribution < 1.29 is 0 Å². The fourth-order valence-corrected chi connectivity index (χ4v) is 1.16. The van der Waals surface area contributed by atoms with E-state index in [0.717, 1.165) is 6.42 Å². The molecule has 0 N–H and O–H groups in total. The number of hydrogen-bond acceptors (Lipinski definition) is 0. The van der Waals surface area contributed by atoms with Gasteiger partial charge in [-0.15, -0.1) is 0 Å². The molecule has 65 valence electrons. The third-order valence-corrected chi connectivity index (χ3v) is 2.05. The van der Waals surface area contributed by atoms with Crippen molar-refractivity contribution in [3.05, 3.63) is 35.9 Å². The molecule has 0 aliphatic heterocycles. The third kappa shape index (κ3) is 4.20. The van der Waals surface area contributed by atoms with Gasteiger partial charge in [0.25, 0.3) is 0 Å². The highest BCUT2D eigenvalue weighted by Gasteiger charge is 2.18. The highest BCUT2D eigenvalue weighted by atomic mass is 35.6. The smallest absolute Gasteiger partial charge is 0.0837 e. The van der Waals surface area contributed by atoms with E-state index in [1.54, 1.807) is 0 Å². The van der Waals surface area contributed by atoms with Crippen LogP contribution >= 0.6 is 34.8 Å². The Kier molecular flexibility index (Phi) is 3.70. The summed E-state index contributed by atoms with van der Waals surface area (Å²) in [5.74, 6) is 0. The average molecular weight is 223 g/mol. The van der Waals surface area contributed by atoms with Crippen molar-refractivity contribution in [3.8, 4) is 0 Å². The molecule has 12 heavy (non-hydrogen) atoms. The second-order valence-electron chi connectivity index (χ2n) is 2.52. The number of rotatable bonds is 2. The lowest BCUT2D eigenvalue weighted by Crippen LogP contribution is -2.03. The molecular formula is C9H8Cl3. The van der Waals surface area contributed by atoms with Crippen molar-refractivity contribution in [2.75, 3.05) is 0 Å². The minimum atomic E-state index is -1.14. The number of aryl methyl sites for hydroxylation is 1. The molecule has 0 heterocycles. The Morgan fingerprint density at radius 1 is 1.17 bits per heavy atom. The average Bonchev–Trinajstić information content (AvgIpc) is 2.02. The summed E-state index contributed by atoms with van der Waals surface area (Å²) in [5, 5.41) is 0. The van der Waals surface area contributed by atoms with Crippen molar-refractivity contribution in [2.24, 2.45) is 0 Å². The normalized spacial score (nSPS) is 11.6. The maximum Gasteiger partial charge on any atom is 0.190 e. The number of halogens is 3. The number of benzene rings is 1. The van der Waals surface area contributed by atoms with Gasteiger partial charge in [-0.25, -0.2) is 0 Å². The first-order valence-corrected chi connectivity index (χ1v) is 4.73. The van der Waals surface area contributed by atoms with E-state index in [0.29, 0.717) is 6.42 Å². The van der Waals surface area contributed by atoms with Gasteiger partial charge >= 0.3 is 0 Å². The number of alkyl halides is 3. The molecule has 0 aromatic heterocycles. The summed E-state index contributed by atoms with van der Waals surface area (Å²) in [6.07, 6.45) is 1.33. The van der Waals surface area contributed by atoms with Gasteiger partial charge in [-0.05, 0) is 24.5 Å². The van der Waals surface area contributed by atoms with E-state index in [1.165, 1.54) is 5.56 Å². The van der Waals surface area contributed by atoms with Gasteiger partial charge in [0.1, 0.15) is 0 Å². The van der Waals surface area contributed by atoms with Crippen LogP contribution in [0.25, 0.3) is 0 Å². The van der Waals surface area contributed by atoms with E-state index in [1.807, 2.05) is 24.3 Å². The van der Waals surface area contributed by atoms with Crippen molar-refractivity contribution in [3.63, 3.8) is 0 Å². The lowest BCUT2D eigenvalue weighted by atomic mass is 10.1. The van der Waals surface area contributed by atoms with Gasteiger partial charge in [0, 0.05) is 0 Å². The largest absolute Gasteiger partial charge is 0.190 e. The summed E-state index contributed by atoms with van der Waals surface area (Å²) in [7, 11) is 0. The highest BCUT2D eigenvalue weighted by molar-refractivity contribution is 6.67. The van der Waals surface area contributed by atoms with Crippen LogP contribution in [0, 0.1) is 6.07 Å². The lowest BCUT2D eigenvalue weighted by molar-refractivity contribution is 0.851. The zero-order valence-corrected chi connectivity index (χ0v) is 8.63. The van der Waals surface area contributed by atoms with Crippen LogP contribution < -0.4 is 0 Å². The quantitative estimate of drug-likeness (QED) is 0.668. The summed E-state index contributed by atoms with van der Waals surface area (Å²) >= 11 is 16.8. The molecule has 1 aromatic carbocycles. The minimum absolute atomic E-state index is 0.543. The molecule has 0 atom stereocenters. The van der Waals surface area contributed by atoms with Gasteiger partial charge in [0.2, 0.25) is 0 Å². The Labute approximate surface area is 87.4 Å². The molecule has 0 fully saturated rings. The van der Waals surface area contributed by atoms with Crippen molar-refractivity contribution in [2.45, 2.75) is 16.6 Å². The van der Waals surface area contributed by atoms with Gasteiger partial charge in [0.05, 0.1) is 0 Å². The predicted octanol–water partition coefficient (Wildman–Crippen LogP) is 3.79. The second-order valence-corrected chi connectivity index (χ2v) is 5.04. The Balaban J connectivity index is 2.44. The minimum Gasteiger partial charge on any atom is -0.0837 e. The topological polar surface area (TPSA) is 0 Å². The maximum atomic E-state index is 5.61. The fourth-order valence-electron chi connectivity index (χ4n) is 0.874. The third-order valence-electron chi connectivity index (χ3n) is 1.48. The molecule has 1 radical (unpaired) electrons. The van der Waals surface area contributed by atoms with Crippen LogP contribution in [0.15, 0.2) is 24.3 Å². The van der Waals surface area contributed by atoms with E-state index in [2.05, 4.69) is 6.07 Å². The highest BCUT2D eigenvalue weighted by Crippen LogP contribution is 2.31. The lowest BCUT2D eigenvalue weighted by Gasteiger charge is -2.09. The molecule has 0 saturated heterocycles. The molecule has 1 aromatic rings. The molecule has 0 amide bonds. The van der Waals surface area contributed by atoms with E-state index in [4.69, 9.17) is 34.8 Å². The first-order valence-electron chi connectivity index (χ1n) is 3.60. The van der Waals surface area contributed by atoms with Crippen molar-refractivity contribution in [1.82, 2.24) is 0 Å². The molecule has 0 spiro atoms. The molecule has 0 unspecified atom stereocenters. The molecule has 0 aliphatic carbocycles. The summed E-state index contributed by atoms with van der Waals surface area (Å²) in [4.78, 5) is 0. The van der Waals surface area contributed by atoms with E-state index >= 15 is 0 Å². The fraction of sp³-hybridized carbons (Fsp3) is 0.333. The van der Waals surface area contributed by atoms with Crippen LogP contribution in [0.3, 0.4) is 0 Å². The Hall–Kier alpha value is 0.0900. The van der Waals surface area contributed by atoms with Crippen LogP contribution in [-0.4, -0.2) is 3.79 Å². The first kappa shape index (κ1) is 10.2. The van der Waals surface area contributed by atoms with Crippen molar-refractivity contribution >= 4 is 34.8 Å². The van der Waals surface area contributed by atoms with E-state index in [-0.39, 0.29) is 0 Å². The SMILES string of the molecule is ClC(Cl)(Cl)CCc1cc[c]cc1. The molecule has 0 bridgehead atoms. The molecule has 3 heteroatoms. The van der Waals surface area contributed by atoms with Gasteiger partial charge in [-0.2, -0.15) is 0 Å². The van der Waals surface area contributed by atoms with E-state index < -0.39 is 3.79 Å². The summed E-state index contributed by atoms with van der Waals surface area (Å²) < 4.78 is -1.14. The van der Waals surface area contributed by atoms with Crippen LogP contribution in [0.1, 0.15) is 12.0 Å². The van der Waals surface area contributed by atoms with Crippen molar-refractivity contribution in [1.29, 1.82) is 0 Å². The maximum absolute atomic E-state index is 5.61. The second kappa shape index (κ2) is 4.36. The Morgan fingerprint density at radius 2 is 1.75 bits per heavy atom. The standard InChI is InChI=1S/C9H8Cl3/c10-9(11,12)7-6-8-4-2-1-3-5-8/h2-5H,6-7H2. The van der Waals surface area contributed by atoms with Gasteiger partial charge in [-0.1, -0.05) is 59.1 Å². The summed E-state index contributed by atoms with van der Waals surface area (Å²) in [5.41, 5.74) is 1.17. The Bertz CT molecular complexity index is 225. The summed E-state index contributed by atoms with van der Waals surface area (Å²) in [6.45, 7) is 0. The predicted molar refractivity (Wildman–Crippen MR) is 53.9 cm³/mol. The summed E-state index contributed by atoms with van der Waals surface area (Å²) in [6, 6.07) is 10.6. The van der Waals surface area contributed by atoms with Gasteiger partial charge in [0.15, 0.2) is 3.79 Å². The molecule has 0 aliphatic rings. The Morgan fingerprint density at radius 3 is 2.25 bits per heavy atom. The van der Waals surface area contributed by atoms with Crippen LogP contribution in [-0.2, 0) is 6.42 Å². The molecule has 1 rings (SSSR count). The van der Waals surface area contributed by atoms with Crippen LogP contribution in [0.4, 0.5) is 0 Å². The van der Waals surface area contributed by atoms with Gasteiger partial charge < -0.3 is 0 Å². The molecular weight excluding hydrogens is 214 g/mol. The zero-order chi connectivity index (χ0) is 9.03. The monoisotopic (exact) mass is 221 g/mol. The van der Waals surface area contributed by atoms with Crippen LogP contribution in [0.2, 0.25) is 0 Å². The molecule has 0 saturated carbocycles. The van der Waals surface area contributed by atoms with E-state index in [9.17, 15) is 0 Å².